The van der Waals surface area contributed by atoms with Crippen LogP contribution in [0.3, 0.4) is 0 Å². The van der Waals surface area contributed by atoms with Gasteiger partial charge in [-0.3, -0.25) is 14.6 Å². The Labute approximate surface area is 157 Å². The minimum atomic E-state index is -1.01. The second kappa shape index (κ2) is 6.95. The predicted molar refractivity (Wildman–Crippen MR) is 101 cm³/mol. The summed E-state index contributed by atoms with van der Waals surface area (Å²) in [7, 11) is 0. The van der Waals surface area contributed by atoms with Crippen LogP contribution in [0.5, 0.6) is 0 Å². The van der Waals surface area contributed by atoms with Gasteiger partial charge in [0.05, 0.1) is 11.9 Å². The van der Waals surface area contributed by atoms with Gasteiger partial charge in [0.25, 0.3) is 5.56 Å². The first-order chi connectivity index (χ1) is 13.5. The van der Waals surface area contributed by atoms with Crippen LogP contribution in [-0.2, 0) is 4.79 Å². The second-order valence-electron chi connectivity index (χ2n) is 6.08. The summed E-state index contributed by atoms with van der Waals surface area (Å²) in [6.45, 7) is 0. The van der Waals surface area contributed by atoms with E-state index in [0.717, 1.165) is 5.69 Å². The molecule has 140 valence electrons. The number of aromatic nitrogens is 4. The van der Waals surface area contributed by atoms with E-state index < -0.39 is 23.3 Å². The van der Waals surface area contributed by atoms with E-state index >= 15 is 0 Å². The summed E-state index contributed by atoms with van der Waals surface area (Å²) < 4.78 is 14.7. The van der Waals surface area contributed by atoms with Gasteiger partial charge in [-0.1, -0.05) is 30.3 Å². The van der Waals surface area contributed by atoms with Crippen LogP contribution >= 0.6 is 0 Å². The SMILES string of the molecule is NC(=O)C(Nc1nc2c(cnn2-c2ccccc2)c(=O)[nH]1)c1ccc(F)cc1. The van der Waals surface area contributed by atoms with Gasteiger partial charge in [0.1, 0.15) is 17.2 Å². The van der Waals surface area contributed by atoms with Crippen molar-refractivity contribution in [3.63, 3.8) is 0 Å². The summed E-state index contributed by atoms with van der Waals surface area (Å²) >= 11 is 0. The monoisotopic (exact) mass is 378 g/mol. The third kappa shape index (κ3) is 3.20. The Morgan fingerprint density at radius 3 is 2.54 bits per heavy atom. The van der Waals surface area contributed by atoms with Crippen molar-refractivity contribution < 1.29 is 9.18 Å². The molecule has 1 amide bonds. The van der Waals surface area contributed by atoms with Gasteiger partial charge in [-0.2, -0.15) is 10.1 Å². The average Bonchev–Trinajstić information content (AvgIpc) is 3.12. The van der Waals surface area contributed by atoms with Crippen LogP contribution in [0.25, 0.3) is 16.7 Å². The molecule has 9 heteroatoms. The van der Waals surface area contributed by atoms with E-state index in [0.29, 0.717) is 16.6 Å². The second-order valence-corrected chi connectivity index (χ2v) is 6.08. The molecule has 1 atom stereocenters. The van der Waals surface area contributed by atoms with E-state index in [9.17, 15) is 14.0 Å². The molecule has 0 spiro atoms. The molecule has 0 aliphatic heterocycles. The van der Waals surface area contributed by atoms with E-state index in [1.165, 1.54) is 35.1 Å². The summed E-state index contributed by atoms with van der Waals surface area (Å²) in [5.74, 6) is -1.10. The van der Waals surface area contributed by atoms with E-state index in [1.54, 1.807) is 0 Å². The van der Waals surface area contributed by atoms with Crippen LogP contribution < -0.4 is 16.6 Å². The number of H-pyrrole nitrogens is 1. The van der Waals surface area contributed by atoms with Crippen LogP contribution in [-0.4, -0.2) is 25.7 Å². The van der Waals surface area contributed by atoms with Crippen molar-refractivity contribution in [1.29, 1.82) is 0 Å². The number of nitrogens with zero attached hydrogens (tertiary/aromatic N) is 3. The number of para-hydroxylation sites is 1. The first kappa shape index (κ1) is 17.4. The van der Waals surface area contributed by atoms with Crippen molar-refractivity contribution in [2.24, 2.45) is 5.73 Å². The third-order valence-corrected chi connectivity index (χ3v) is 4.21. The zero-order valence-corrected chi connectivity index (χ0v) is 14.5. The molecule has 4 N–H and O–H groups in total. The van der Waals surface area contributed by atoms with Crippen molar-refractivity contribution in [2.75, 3.05) is 5.32 Å². The Bertz CT molecular complexity index is 1200. The van der Waals surface area contributed by atoms with Crippen LogP contribution in [0, 0.1) is 5.82 Å². The molecular weight excluding hydrogens is 363 g/mol. The van der Waals surface area contributed by atoms with Gasteiger partial charge in [-0.05, 0) is 29.8 Å². The maximum atomic E-state index is 13.2. The van der Waals surface area contributed by atoms with Gasteiger partial charge in [0, 0.05) is 0 Å². The van der Waals surface area contributed by atoms with Crippen molar-refractivity contribution in [2.45, 2.75) is 6.04 Å². The maximum Gasteiger partial charge on any atom is 0.263 e. The Morgan fingerprint density at radius 1 is 1.14 bits per heavy atom. The molecule has 2 aromatic heterocycles. The van der Waals surface area contributed by atoms with Crippen LogP contribution in [0.1, 0.15) is 11.6 Å². The molecule has 0 saturated heterocycles. The summed E-state index contributed by atoms with van der Waals surface area (Å²) in [5, 5.41) is 7.33. The Kier molecular flexibility index (Phi) is 4.32. The van der Waals surface area contributed by atoms with Crippen molar-refractivity contribution in [3.8, 4) is 5.69 Å². The number of hydrogen-bond donors (Lipinski definition) is 3. The Balaban J connectivity index is 1.77. The van der Waals surface area contributed by atoms with Crippen molar-refractivity contribution in [1.82, 2.24) is 19.7 Å². The Hall–Kier alpha value is -4.01. The number of carbonyl (C=O) groups is 1. The van der Waals surface area contributed by atoms with Crippen LogP contribution in [0.15, 0.2) is 65.6 Å². The predicted octanol–water partition coefficient (Wildman–Crippen LogP) is 1.89. The number of anilines is 1. The molecule has 0 fully saturated rings. The third-order valence-electron chi connectivity index (χ3n) is 4.21. The Morgan fingerprint density at radius 2 is 1.86 bits per heavy atom. The van der Waals surface area contributed by atoms with Crippen molar-refractivity contribution in [3.05, 3.63) is 82.5 Å². The van der Waals surface area contributed by atoms with Crippen LogP contribution in [0.4, 0.5) is 10.3 Å². The van der Waals surface area contributed by atoms with Crippen LogP contribution in [0.2, 0.25) is 0 Å². The molecule has 2 aromatic carbocycles. The minimum Gasteiger partial charge on any atom is -0.368 e. The van der Waals surface area contributed by atoms with Gasteiger partial charge < -0.3 is 11.1 Å². The van der Waals surface area contributed by atoms with Gasteiger partial charge in [-0.25, -0.2) is 9.07 Å². The highest BCUT2D eigenvalue weighted by Crippen LogP contribution is 2.19. The van der Waals surface area contributed by atoms with E-state index in [1.807, 2.05) is 30.3 Å². The highest BCUT2D eigenvalue weighted by atomic mass is 19.1. The number of nitrogens with two attached hydrogens (primary N) is 1. The largest absolute Gasteiger partial charge is 0.368 e. The first-order valence-electron chi connectivity index (χ1n) is 8.38. The quantitative estimate of drug-likeness (QED) is 0.490. The van der Waals surface area contributed by atoms with Gasteiger partial charge >= 0.3 is 0 Å². The molecule has 0 aliphatic rings. The fourth-order valence-corrected chi connectivity index (χ4v) is 2.86. The topological polar surface area (TPSA) is 119 Å². The number of nitrogens with one attached hydrogen (secondary N) is 2. The van der Waals surface area contributed by atoms with Gasteiger partial charge in [0.2, 0.25) is 11.9 Å². The summed E-state index contributed by atoms with van der Waals surface area (Å²) in [6.07, 6.45) is 1.42. The normalized spacial score (nSPS) is 12.0. The number of benzene rings is 2. The number of rotatable bonds is 5. The molecule has 0 bridgehead atoms. The molecule has 1 unspecified atom stereocenters. The number of carbonyl (C=O) groups excluding carboxylic acids is 1. The first-order valence-corrected chi connectivity index (χ1v) is 8.38. The summed E-state index contributed by atoms with van der Waals surface area (Å²) in [4.78, 5) is 31.3. The molecule has 0 radical (unpaired) electrons. The zero-order chi connectivity index (χ0) is 19.7. The molecule has 28 heavy (non-hydrogen) atoms. The number of primary amides is 1. The highest BCUT2D eigenvalue weighted by Gasteiger charge is 2.20. The fraction of sp³-hybridized carbons (Fsp3) is 0.0526. The number of amides is 1. The van der Waals surface area contributed by atoms with Gasteiger partial charge in [0.15, 0.2) is 5.65 Å². The molecule has 0 saturated carbocycles. The smallest absolute Gasteiger partial charge is 0.263 e. The molecule has 4 rings (SSSR count). The van der Waals surface area contributed by atoms with E-state index in [-0.39, 0.29) is 5.95 Å². The fourth-order valence-electron chi connectivity index (χ4n) is 2.86. The average molecular weight is 378 g/mol. The molecule has 8 nitrogen and oxygen atoms in total. The molecule has 0 aliphatic carbocycles. The summed E-state index contributed by atoms with van der Waals surface area (Å²) in [5.41, 5.74) is 6.54. The summed E-state index contributed by atoms with van der Waals surface area (Å²) in [6, 6.07) is 13.5. The minimum absolute atomic E-state index is 0.0447. The number of aromatic amines is 1. The standard InChI is InChI=1S/C19H15FN6O2/c20-12-8-6-11(7-9-12)15(16(21)27)23-19-24-17-14(18(28)25-19)10-22-26(17)13-4-2-1-3-5-13/h1-10,15H,(H2,21,27)(H2,23,24,25,28). The zero-order valence-electron chi connectivity index (χ0n) is 14.5. The number of hydrogen-bond acceptors (Lipinski definition) is 5. The molecular formula is C19H15FN6O2. The lowest BCUT2D eigenvalue weighted by molar-refractivity contribution is -0.118. The van der Waals surface area contributed by atoms with Crippen molar-refractivity contribution >= 4 is 22.9 Å². The number of halogens is 1. The van der Waals surface area contributed by atoms with E-state index in [2.05, 4.69) is 20.4 Å². The highest BCUT2D eigenvalue weighted by molar-refractivity contribution is 5.84. The molecule has 4 aromatic rings. The van der Waals surface area contributed by atoms with E-state index in [4.69, 9.17) is 5.73 Å². The molecule has 2 heterocycles. The lowest BCUT2D eigenvalue weighted by Gasteiger charge is -2.16. The maximum absolute atomic E-state index is 13.2. The number of fused-ring (bicyclic) bond motifs is 1. The lowest BCUT2D eigenvalue weighted by atomic mass is 10.1. The van der Waals surface area contributed by atoms with Gasteiger partial charge in [-0.15, -0.1) is 0 Å². The lowest BCUT2D eigenvalue weighted by Crippen LogP contribution is -2.29.